The fourth-order valence-corrected chi connectivity index (χ4v) is 8.89. The lowest BCUT2D eigenvalue weighted by Gasteiger charge is -2.30. The topological polar surface area (TPSA) is 38.7 Å². The smallest absolute Gasteiger partial charge is 0.164 e. The van der Waals surface area contributed by atoms with Gasteiger partial charge in [-0.05, 0) is 72.8 Å². The van der Waals surface area contributed by atoms with Gasteiger partial charge in [0, 0.05) is 16.7 Å². The molecule has 0 saturated heterocycles. The van der Waals surface area contributed by atoms with Crippen molar-refractivity contribution < 1.29 is 0 Å². The SMILES string of the molecule is c1ccc(-c2ccc(-c3ccc(-c4nc(-c5ccccc5)nc(-c5ccc6c(c5)-c5ccccc5C65c6ccccc6-c6ccccc65)n4)cc3)cc2)cc1. The number of fused-ring (bicyclic) bond motifs is 10. The summed E-state index contributed by atoms with van der Waals surface area (Å²) in [6.07, 6.45) is 0. The first-order chi connectivity index (χ1) is 27.3. The maximum atomic E-state index is 5.17. The fourth-order valence-electron chi connectivity index (χ4n) is 8.89. The summed E-state index contributed by atoms with van der Waals surface area (Å²) in [7, 11) is 0. The number of hydrogen-bond acceptors (Lipinski definition) is 3. The number of aromatic nitrogens is 3. The second-order valence-corrected chi connectivity index (χ2v) is 14.3. The van der Waals surface area contributed by atoms with Crippen LogP contribution in [0.1, 0.15) is 22.3 Å². The van der Waals surface area contributed by atoms with Crippen LogP contribution in [0.15, 0.2) is 200 Å². The normalized spacial score (nSPS) is 12.9. The maximum absolute atomic E-state index is 5.17. The first-order valence-corrected chi connectivity index (χ1v) is 18.8. The summed E-state index contributed by atoms with van der Waals surface area (Å²) in [6.45, 7) is 0. The molecule has 0 N–H and O–H groups in total. The molecule has 0 amide bonds. The zero-order valence-corrected chi connectivity index (χ0v) is 29.9. The third kappa shape index (κ3) is 4.87. The Morgan fingerprint density at radius 1 is 0.236 bits per heavy atom. The lowest BCUT2D eigenvalue weighted by atomic mass is 9.70. The predicted octanol–water partition coefficient (Wildman–Crippen LogP) is 12.6. The molecule has 2 aliphatic carbocycles. The summed E-state index contributed by atoms with van der Waals surface area (Å²) < 4.78 is 0. The summed E-state index contributed by atoms with van der Waals surface area (Å²) >= 11 is 0. The fraction of sp³-hybridized carbons (Fsp3) is 0.0192. The van der Waals surface area contributed by atoms with Crippen molar-refractivity contribution in [3.05, 3.63) is 222 Å². The van der Waals surface area contributed by atoms with Crippen molar-refractivity contribution in [2.75, 3.05) is 0 Å². The van der Waals surface area contributed by atoms with Crippen LogP contribution >= 0.6 is 0 Å². The average molecular weight is 700 g/mol. The van der Waals surface area contributed by atoms with Gasteiger partial charge in [-0.2, -0.15) is 0 Å². The van der Waals surface area contributed by atoms with Crippen molar-refractivity contribution in [3.63, 3.8) is 0 Å². The minimum Gasteiger partial charge on any atom is -0.208 e. The van der Waals surface area contributed by atoms with E-state index in [1.807, 2.05) is 24.3 Å². The van der Waals surface area contributed by atoms with E-state index >= 15 is 0 Å². The minimum absolute atomic E-state index is 0.388. The molecule has 0 radical (unpaired) electrons. The lowest BCUT2D eigenvalue weighted by Crippen LogP contribution is -2.25. The van der Waals surface area contributed by atoms with Gasteiger partial charge >= 0.3 is 0 Å². The molecule has 0 unspecified atom stereocenters. The van der Waals surface area contributed by atoms with Gasteiger partial charge in [-0.25, -0.2) is 15.0 Å². The standard InChI is InChI=1S/C52H33N3/c1-3-13-34(14-4-1)35-23-25-36(26-24-35)37-27-29-39(30-28-37)50-53-49(38-15-5-2-6-16-38)54-51(55-50)40-31-32-48-44(33-40)43-19-9-12-22-47(43)52(48)45-20-10-7-17-41(45)42-18-8-11-21-46(42)52/h1-33H. The molecule has 0 fully saturated rings. The van der Waals surface area contributed by atoms with Gasteiger partial charge in [-0.15, -0.1) is 0 Å². The highest BCUT2D eigenvalue weighted by Crippen LogP contribution is 2.62. The molecule has 55 heavy (non-hydrogen) atoms. The molecule has 2 aliphatic rings. The highest BCUT2D eigenvalue weighted by molar-refractivity contribution is 5.96. The Labute approximate surface area is 320 Å². The quantitative estimate of drug-likeness (QED) is 0.179. The molecule has 9 aromatic rings. The van der Waals surface area contributed by atoms with Crippen LogP contribution in [0.2, 0.25) is 0 Å². The largest absolute Gasteiger partial charge is 0.208 e. The van der Waals surface area contributed by atoms with E-state index in [1.165, 1.54) is 55.6 Å². The number of benzene rings is 8. The highest BCUT2D eigenvalue weighted by atomic mass is 15.0. The summed E-state index contributed by atoms with van der Waals surface area (Å²) in [4.78, 5) is 15.3. The van der Waals surface area contributed by atoms with Crippen molar-refractivity contribution in [2.24, 2.45) is 0 Å². The number of hydrogen-bond donors (Lipinski definition) is 0. The summed E-state index contributed by atoms with van der Waals surface area (Å²) in [5.74, 6) is 1.95. The van der Waals surface area contributed by atoms with Crippen LogP contribution in [0.3, 0.4) is 0 Å². The molecule has 0 atom stereocenters. The van der Waals surface area contributed by atoms with E-state index in [0.717, 1.165) is 27.8 Å². The van der Waals surface area contributed by atoms with E-state index in [2.05, 4.69) is 176 Å². The van der Waals surface area contributed by atoms with E-state index in [0.29, 0.717) is 17.5 Å². The van der Waals surface area contributed by atoms with Crippen LogP contribution in [-0.4, -0.2) is 15.0 Å². The molecule has 3 nitrogen and oxygen atoms in total. The van der Waals surface area contributed by atoms with Gasteiger partial charge in [0.2, 0.25) is 0 Å². The Hall–Kier alpha value is -7.23. The summed E-state index contributed by atoms with van der Waals surface area (Å²) in [5.41, 5.74) is 17.5. The Morgan fingerprint density at radius 3 is 1.04 bits per heavy atom. The van der Waals surface area contributed by atoms with Crippen LogP contribution in [0.25, 0.3) is 78.7 Å². The molecule has 3 heteroatoms. The van der Waals surface area contributed by atoms with Crippen LogP contribution in [-0.2, 0) is 5.41 Å². The molecule has 0 aliphatic heterocycles. The molecular formula is C52H33N3. The molecule has 0 saturated carbocycles. The van der Waals surface area contributed by atoms with Gasteiger partial charge in [-0.1, -0.05) is 194 Å². The van der Waals surface area contributed by atoms with Crippen molar-refractivity contribution in [3.8, 4) is 78.7 Å². The Balaban J connectivity index is 1.03. The highest BCUT2D eigenvalue weighted by Gasteiger charge is 2.51. The lowest BCUT2D eigenvalue weighted by molar-refractivity contribution is 0.794. The monoisotopic (exact) mass is 699 g/mol. The molecule has 11 rings (SSSR count). The van der Waals surface area contributed by atoms with Gasteiger partial charge in [-0.3, -0.25) is 0 Å². The van der Waals surface area contributed by atoms with Crippen LogP contribution in [0.4, 0.5) is 0 Å². The molecular weight excluding hydrogens is 667 g/mol. The second-order valence-electron chi connectivity index (χ2n) is 14.3. The molecule has 1 heterocycles. The van der Waals surface area contributed by atoms with Crippen molar-refractivity contribution >= 4 is 0 Å². The van der Waals surface area contributed by atoms with Crippen LogP contribution in [0.5, 0.6) is 0 Å². The molecule has 8 aromatic carbocycles. The summed E-state index contributed by atoms with van der Waals surface area (Å²) in [5, 5.41) is 0. The van der Waals surface area contributed by atoms with Gasteiger partial charge in [0.1, 0.15) is 0 Å². The van der Waals surface area contributed by atoms with E-state index in [1.54, 1.807) is 0 Å². The summed E-state index contributed by atoms with van der Waals surface area (Å²) in [6, 6.07) is 71.5. The zero-order valence-electron chi connectivity index (χ0n) is 29.9. The van der Waals surface area contributed by atoms with Gasteiger partial charge in [0.05, 0.1) is 5.41 Å². The number of rotatable bonds is 5. The van der Waals surface area contributed by atoms with Gasteiger partial charge in [0.15, 0.2) is 17.5 Å². The van der Waals surface area contributed by atoms with E-state index in [9.17, 15) is 0 Å². The van der Waals surface area contributed by atoms with Gasteiger partial charge in [0.25, 0.3) is 0 Å². The Bertz CT molecular complexity index is 2850. The average Bonchev–Trinajstić information content (AvgIpc) is 3.74. The Morgan fingerprint density at radius 2 is 0.545 bits per heavy atom. The Kier molecular flexibility index (Phi) is 7.08. The third-order valence-corrected chi connectivity index (χ3v) is 11.4. The van der Waals surface area contributed by atoms with Crippen LogP contribution < -0.4 is 0 Å². The third-order valence-electron chi connectivity index (χ3n) is 11.4. The van der Waals surface area contributed by atoms with E-state index < -0.39 is 0 Å². The van der Waals surface area contributed by atoms with E-state index in [-0.39, 0.29) is 5.41 Å². The first kappa shape index (κ1) is 31.3. The molecule has 1 spiro atoms. The van der Waals surface area contributed by atoms with Crippen molar-refractivity contribution in [1.29, 1.82) is 0 Å². The zero-order chi connectivity index (χ0) is 36.3. The number of nitrogens with zero attached hydrogens (tertiary/aromatic N) is 3. The van der Waals surface area contributed by atoms with Crippen molar-refractivity contribution in [1.82, 2.24) is 15.0 Å². The van der Waals surface area contributed by atoms with Crippen LogP contribution in [0, 0.1) is 0 Å². The van der Waals surface area contributed by atoms with Gasteiger partial charge < -0.3 is 0 Å². The van der Waals surface area contributed by atoms with E-state index in [4.69, 9.17) is 15.0 Å². The predicted molar refractivity (Wildman–Crippen MR) is 223 cm³/mol. The molecule has 1 aromatic heterocycles. The second kappa shape index (κ2) is 12.4. The molecule has 0 bridgehead atoms. The minimum atomic E-state index is -0.388. The maximum Gasteiger partial charge on any atom is 0.164 e. The van der Waals surface area contributed by atoms with Crippen molar-refractivity contribution in [2.45, 2.75) is 5.41 Å². The molecule has 256 valence electrons. The first-order valence-electron chi connectivity index (χ1n) is 18.8.